The zero-order valence-corrected chi connectivity index (χ0v) is 13.7. The van der Waals surface area contributed by atoms with Crippen LogP contribution in [0.3, 0.4) is 0 Å². The molecule has 0 aliphatic carbocycles. The molecule has 6 nitrogen and oxygen atoms in total. The third kappa shape index (κ3) is 3.10. The molecule has 0 bridgehead atoms. The molecule has 3 aromatic rings. The van der Waals surface area contributed by atoms with Gasteiger partial charge in [0.25, 0.3) is 11.8 Å². The highest BCUT2D eigenvalue weighted by Crippen LogP contribution is 2.31. The number of rotatable bonds is 3. The van der Waals surface area contributed by atoms with Gasteiger partial charge in [-0.3, -0.25) is 4.79 Å². The maximum Gasteiger partial charge on any atom is 0.257 e. The minimum atomic E-state index is -0.116. The molecule has 1 amide bonds. The fourth-order valence-corrected chi connectivity index (χ4v) is 2.91. The Kier molecular flexibility index (Phi) is 3.93. The summed E-state index contributed by atoms with van der Waals surface area (Å²) < 4.78 is 10.8. The average molecular weight is 335 g/mol. The number of carbonyl (C=O) groups is 1. The highest BCUT2D eigenvalue weighted by Gasteiger charge is 2.23. The molecule has 1 N–H and O–H groups in total. The Bertz CT molecular complexity index is 902. The first kappa shape index (κ1) is 15.4. The molecule has 4 rings (SSSR count). The number of nitrogens with one attached hydrogen (secondary N) is 1. The molecule has 0 saturated carbocycles. The van der Waals surface area contributed by atoms with Crippen molar-refractivity contribution < 1.29 is 14.1 Å². The van der Waals surface area contributed by atoms with E-state index in [9.17, 15) is 4.79 Å². The Morgan fingerprint density at radius 2 is 1.96 bits per heavy atom. The second-order valence-corrected chi connectivity index (χ2v) is 5.93. The predicted molar refractivity (Wildman–Crippen MR) is 91.2 cm³/mol. The minimum Gasteiger partial charge on any atom is -0.493 e. The van der Waals surface area contributed by atoms with Gasteiger partial charge in [-0.1, -0.05) is 23.4 Å². The highest BCUT2D eigenvalue weighted by atomic mass is 16.5. The number of hydrogen-bond donors (Lipinski definition) is 1. The second kappa shape index (κ2) is 6.39. The lowest BCUT2D eigenvalue weighted by Gasteiger charge is -2.26. The Morgan fingerprint density at radius 3 is 2.72 bits per heavy atom. The standard InChI is InChI=1S/C19H17N3O3/c1-12-20-19(25-22-12)14-8-6-13(7-9-14)18(23)21-16-10-11-24-17-5-3-2-4-15(16)17/h2-9,16H,10-11H2,1H3,(H,21,23)/t16-/m0/s1. The van der Waals surface area contributed by atoms with Crippen LogP contribution in [0.4, 0.5) is 0 Å². The summed E-state index contributed by atoms with van der Waals surface area (Å²) in [6.45, 7) is 2.36. The summed E-state index contributed by atoms with van der Waals surface area (Å²) in [5.41, 5.74) is 2.39. The lowest BCUT2D eigenvalue weighted by Crippen LogP contribution is -2.32. The van der Waals surface area contributed by atoms with Crippen LogP contribution < -0.4 is 10.1 Å². The van der Waals surface area contributed by atoms with Gasteiger partial charge < -0.3 is 14.6 Å². The molecule has 1 atom stereocenters. The van der Waals surface area contributed by atoms with E-state index in [2.05, 4.69) is 15.5 Å². The summed E-state index contributed by atoms with van der Waals surface area (Å²) in [5, 5.41) is 6.86. The van der Waals surface area contributed by atoms with Crippen LogP contribution in [0, 0.1) is 6.92 Å². The van der Waals surface area contributed by atoms with E-state index in [0.717, 1.165) is 23.3 Å². The molecule has 126 valence electrons. The summed E-state index contributed by atoms with van der Waals surface area (Å²) >= 11 is 0. The molecule has 6 heteroatoms. The number of aromatic nitrogens is 2. The lowest BCUT2D eigenvalue weighted by atomic mass is 10.00. The number of para-hydroxylation sites is 1. The van der Waals surface area contributed by atoms with Gasteiger partial charge in [0, 0.05) is 23.1 Å². The molecular formula is C19H17N3O3. The van der Waals surface area contributed by atoms with Crippen LogP contribution in [0.15, 0.2) is 53.1 Å². The van der Waals surface area contributed by atoms with Gasteiger partial charge in [-0.05, 0) is 37.3 Å². The predicted octanol–water partition coefficient (Wildman–Crippen LogP) is 3.30. The van der Waals surface area contributed by atoms with E-state index < -0.39 is 0 Å². The van der Waals surface area contributed by atoms with Crippen LogP contribution in [0.2, 0.25) is 0 Å². The Hall–Kier alpha value is -3.15. The van der Waals surface area contributed by atoms with Gasteiger partial charge in [0.15, 0.2) is 5.82 Å². The molecule has 0 radical (unpaired) electrons. The van der Waals surface area contributed by atoms with Crippen molar-refractivity contribution in [1.82, 2.24) is 15.5 Å². The number of hydrogen-bond acceptors (Lipinski definition) is 5. The monoisotopic (exact) mass is 335 g/mol. The zero-order chi connectivity index (χ0) is 17.2. The molecule has 1 aliphatic rings. The molecule has 0 unspecified atom stereocenters. The fourth-order valence-electron chi connectivity index (χ4n) is 2.91. The smallest absolute Gasteiger partial charge is 0.257 e. The van der Waals surface area contributed by atoms with Crippen molar-refractivity contribution in [2.45, 2.75) is 19.4 Å². The largest absolute Gasteiger partial charge is 0.493 e. The Balaban J connectivity index is 1.50. The van der Waals surface area contributed by atoms with E-state index in [1.165, 1.54) is 0 Å². The summed E-state index contributed by atoms with van der Waals surface area (Å²) in [6.07, 6.45) is 0.752. The van der Waals surface area contributed by atoms with Gasteiger partial charge in [-0.15, -0.1) is 0 Å². The topological polar surface area (TPSA) is 77.2 Å². The summed E-state index contributed by atoms with van der Waals surface area (Å²) in [4.78, 5) is 16.8. The maximum atomic E-state index is 12.6. The van der Waals surface area contributed by atoms with Gasteiger partial charge in [0.1, 0.15) is 5.75 Å². The minimum absolute atomic E-state index is 0.0456. The molecule has 25 heavy (non-hydrogen) atoms. The van der Waals surface area contributed by atoms with Gasteiger partial charge in [-0.2, -0.15) is 4.98 Å². The first-order chi connectivity index (χ1) is 12.2. The van der Waals surface area contributed by atoms with Crippen molar-refractivity contribution >= 4 is 5.91 Å². The number of fused-ring (bicyclic) bond motifs is 1. The van der Waals surface area contributed by atoms with E-state index in [-0.39, 0.29) is 11.9 Å². The summed E-state index contributed by atoms with van der Waals surface area (Å²) in [7, 11) is 0. The molecule has 2 heterocycles. The first-order valence-corrected chi connectivity index (χ1v) is 8.14. The van der Waals surface area contributed by atoms with E-state index in [4.69, 9.17) is 9.26 Å². The van der Waals surface area contributed by atoms with Crippen molar-refractivity contribution in [2.75, 3.05) is 6.61 Å². The van der Waals surface area contributed by atoms with E-state index in [1.807, 2.05) is 24.3 Å². The Morgan fingerprint density at radius 1 is 1.16 bits per heavy atom. The van der Waals surface area contributed by atoms with Crippen molar-refractivity contribution in [3.63, 3.8) is 0 Å². The number of benzene rings is 2. The normalized spacial score (nSPS) is 16.0. The number of amides is 1. The summed E-state index contributed by atoms with van der Waals surface area (Å²) in [5.74, 6) is 1.74. The number of nitrogens with zero attached hydrogens (tertiary/aromatic N) is 2. The van der Waals surface area contributed by atoms with Crippen LogP contribution in [0.25, 0.3) is 11.5 Å². The third-order valence-electron chi connectivity index (χ3n) is 4.19. The highest BCUT2D eigenvalue weighted by molar-refractivity contribution is 5.94. The van der Waals surface area contributed by atoms with E-state index >= 15 is 0 Å². The van der Waals surface area contributed by atoms with Crippen LogP contribution in [-0.4, -0.2) is 22.7 Å². The maximum absolute atomic E-state index is 12.6. The molecule has 0 spiro atoms. The number of ether oxygens (including phenoxy) is 1. The molecule has 1 aromatic heterocycles. The average Bonchev–Trinajstić information content (AvgIpc) is 3.08. The fraction of sp³-hybridized carbons (Fsp3) is 0.211. The van der Waals surface area contributed by atoms with Crippen molar-refractivity contribution in [2.24, 2.45) is 0 Å². The molecule has 1 aliphatic heterocycles. The van der Waals surface area contributed by atoms with Crippen molar-refractivity contribution in [3.05, 3.63) is 65.5 Å². The van der Waals surface area contributed by atoms with Gasteiger partial charge in [0.2, 0.25) is 0 Å². The SMILES string of the molecule is Cc1noc(-c2ccc(C(=O)N[C@H]3CCOc4ccccc43)cc2)n1. The number of aryl methyl sites for hydroxylation is 1. The van der Waals surface area contributed by atoms with E-state index in [1.54, 1.807) is 31.2 Å². The third-order valence-corrected chi connectivity index (χ3v) is 4.19. The Labute approximate surface area is 144 Å². The quantitative estimate of drug-likeness (QED) is 0.794. The van der Waals surface area contributed by atoms with Gasteiger partial charge >= 0.3 is 0 Å². The van der Waals surface area contributed by atoms with Crippen molar-refractivity contribution in [1.29, 1.82) is 0 Å². The zero-order valence-electron chi connectivity index (χ0n) is 13.7. The summed E-state index contributed by atoms with van der Waals surface area (Å²) in [6, 6.07) is 14.9. The molecule has 0 saturated heterocycles. The second-order valence-electron chi connectivity index (χ2n) is 5.93. The van der Waals surface area contributed by atoms with Crippen LogP contribution in [0.1, 0.15) is 34.2 Å². The molecule has 2 aromatic carbocycles. The van der Waals surface area contributed by atoms with Gasteiger partial charge in [0.05, 0.1) is 12.6 Å². The van der Waals surface area contributed by atoms with Crippen LogP contribution in [-0.2, 0) is 0 Å². The van der Waals surface area contributed by atoms with Crippen LogP contribution >= 0.6 is 0 Å². The van der Waals surface area contributed by atoms with E-state index in [0.29, 0.717) is 23.9 Å². The number of carbonyl (C=O) groups excluding carboxylic acids is 1. The van der Waals surface area contributed by atoms with Crippen molar-refractivity contribution in [3.8, 4) is 17.2 Å². The van der Waals surface area contributed by atoms with Gasteiger partial charge in [-0.25, -0.2) is 0 Å². The first-order valence-electron chi connectivity index (χ1n) is 8.14. The van der Waals surface area contributed by atoms with Crippen LogP contribution in [0.5, 0.6) is 5.75 Å². The molecule has 0 fully saturated rings. The molecular weight excluding hydrogens is 318 g/mol. The lowest BCUT2D eigenvalue weighted by molar-refractivity contribution is 0.0925.